The van der Waals surface area contributed by atoms with Crippen molar-refractivity contribution in [3.63, 3.8) is 0 Å². The van der Waals surface area contributed by atoms with E-state index in [1.165, 1.54) is 30.9 Å². The molecule has 0 amide bonds. The van der Waals surface area contributed by atoms with Gasteiger partial charge in [0.25, 0.3) is 5.56 Å². The summed E-state index contributed by atoms with van der Waals surface area (Å²) >= 11 is 0. The number of nitrogens with zero attached hydrogens (tertiary/aromatic N) is 5. The average molecular weight is 453 g/mol. The van der Waals surface area contributed by atoms with Crippen LogP contribution in [-0.2, 0) is 6.42 Å². The Morgan fingerprint density at radius 3 is 2.39 bits per heavy atom. The molecule has 0 aliphatic carbocycles. The lowest BCUT2D eigenvalue weighted by Gasteiger charge is -2.14. The van der Waals surface area contributed by atoms with E-state index in [0.29, 0.717) is 29.8 Å². The van der Waals surface area contributed by atoms with Crippen LogP contribution in [0, 0.1) is 17.5 Å². The molecular formula is C22H18F3N7O. The van der Waals surface area contributed by atoms with Crippen molar-refractivity contribution in [2.75, 3.05) is 5.73 Å². The summed E-state index contributed by atoms with van der Waals surface area (Å²) in [6.07, 6.45) is 3.87. The first-order chi connectivity index (χ1) is 15.9. The van der Waals surface area contributed by atoms with Crippen molar-refractivity contribution in [3.05, 3.63) is 82.7 Å². The minimum Gasteiger partial charge on any atom is -0.382 e. The molecule has 0 fully saturated rings. The molecule has 5 aromatic rings. The van der Waals surface area contributed by atoms with Gasteiger partial charge >= 0.3 is 0 Å². The van der Waals surface area contributed by atoms with Crippen molar-refractivity contribution in [1.82, 2.24) is 29.5 Å². The third kappa shape index (κ3) is 4.12. The molecule has 0 aliphatic rings. The van der Waals surface area contributed by atoms with Crippen LogP contribution in [0.2, 0.25) is 0 Å². The lowest BCUT2D eigenvalue weighted by atomic mass is 10.2. The summed E-state index contributed by atoms with van der Waals surface area (Å²) in [5.41, 5.74) is 5.60. The highest BCUT2D eigenvalue weighted by Crippen LogP contribution is 2.21. The number of imidazole rings is 1. The fraction of sp³-hybridized carbons (Fsp3) is 0.136. The molecule has 3 heterocycles. The van der Waals surface area contributed by atoms with E-state index < -0.39 is 28.7 Å². The molecule has 2 aromatic carbocycles. The molecule has 0 saturated carbocycles. The number of hydrogen-bond acceptors (Lipinski definition) is 6. The molecule has 0 atom stereocenters. The van der Waals surface area contributed by atoms with Crippen LogP contribution in [0.4, 0.5) is 19.0 Å². The maximum Gasteiger partial charge on any atom is 0.269 e. The number of hydrogen-bond donors (Lipinski definition) is 2. The van der Waals surface area contributed by atoms with E-state index in [9.17, 15) is 18.0 Å². The molecule has 8 nitrogen and oxygen atoms in total. The van der Waals surface area contributed by atoms with Crippen molar-refractivity contribution in [2.24, 2.45) is 0 Å². The molecule has 33 heavy (non-hydrogen) atoms. The highest BCUT2D eigenvalue weighted by Gasteiger charge is 2.20. The first-order valence-corrected chi connectivity index (χ1v) is 9.96. The van der Waals surface area contributed by atoms with Gasteiger partial charge in [-0.25, -0.2) is 33.1 Å². The molecule has 0 spiro atoms. The van der Waals surface area contributed by atoms with E-state index in [-0.39, 0.29) is 16.7 Å². The van der Waals surface area contributed by atoms with Gasteiger partial charge in [-0.15, -0.1) is 0 Å². The van der Waals surface area contributed by atoms with Gasteiger partial charge in [0.2, 0.25) is 0 Å². The van der Waals surface area contributed by atoms with Gasteiger partial charge in [0.1, 0.15) is 46.2 Å². The van der Waals surface area contributed by atoms with Crippen LogP contribution >= 0.6 is 0 Å². The van der Waals surface area contributed by atoms with Crippen LogP contribution in [0.25, 0.3) is 27.8 Å². The largest absolute Gasteiger partial charge is 0.382 e. The first-order valence-electron chi connectivity index (χ1n) is 9.96. The quantitative estimate of drug-likeness (QED) is 0.431. The number of nitrogens with one attached hydrogen (secondary N) is 1. The number of fused-ring (bicyclic) bond motifs is 2. The van der Waals surface area contributed by atoms with Crippen LogP contribution < -0.4 is 11.3 Å². The fourth-order valence-corrected chi connectivity index (χ4v) is 3.34. The Labute approximate surface area is 185 Å². The summed E-state index contributed by atoms with van der Waals surface area (Å²) in [4.78, 5) is 31.3. The summed E-state index contributed by atoms with van der Waals surface area (Å²) in [6, 6.07) is 7.36. The number of para-hydroxylation sites is 1. The maximum absolute atomic E-state index is 14.1. The molecule has 0 saturated heterocycles. The Morgan fingerprint density at radius 2 is 1.70 bits per heavy atom. The molecule has 5 rings (SSSR count). The molecule has 0 unspecified atom stereocenters. The van der Waals surface area contributed by atoms with Crippen molar-refractivity contribution in [2.45, 2.75) is 19.8 Å². The Balaban J connectivity index is 0.000000214. The highest BCUT2D eigenvalue weighted by atomic mass is 19.1. The lowest BCUT2D eigenvalue weighted by Crippen LogP contribution is -2.26. The van der Waals surface area contributed by atoms with E-state index in [1.807, 2.05) is 6.92 Å². The summed E-state index contributed by atoms with van der Waals surface area (Å²) in [7, 11) is 0. The zero-order valence-corrected chi connectivity index (χ0v) is 17.4. The van der Waals surface area contributed by atoms with Gasteiger partial charge < -0.3 is 10.7 Å². The zero-order valence-electron chi connectivity index (χ0n) is 17.4. The molecule has 0 radical (unpaired) electrons. The minimum absolute atomic E-state index is 0.173. The molecule has 0 bridgehead atoms. The van der Waals surface area contributed by atoms with Crippen LogP contribution in [0.5, 0.6) is 0 Å². The molecule has 11 heteroatoms. The van der Waals surface area contributed by atoms with Crippen molar-refractivity contribution >= 4 is 27.9 Å². The zero-order chi connectivity index (χ0) is 23.5. The summed E-state index contributed by atoms with van der Waals surface area (Å²) in [5, 5.41) is -0.282. The Bertz CT molecular complexity index is 1490. The summed E-state index contributed by atoms with van der Waals surface area (Å²) < 4.78 is 43.1. The molecular weight excluding hydrogens is 435 g/mol. The Morgan fingerprint density at radius 1 is 1.00 bits per heavy atom. The van der Waals surface area contributed by atoms with Crippen LogP contribution in [0.1, 0.15) is 19.2 Å². The Kier molecular flexibility index (Phi) is 6.03. The van der Waals surface area contributed by atoms with Crippen molar-refractivity contribution in [3.8, 4) is 5.69 Å². The van der Waals surface area contributed by atoms with Gasteiger partial charge in [-0.1, -0.05) is 19.1 Å². The van der Waals surface area contributed by atoms with E-state index in [4.69, 9.17) is 5.73 Å². The highest BCUT2D eigenvalue weighted by molar-refractivity contribution is 5.80. The van der Waals surface area contributed by atoms with Gasteiger partial charge in [-0.05, 0) is 30.7 Å². The van der Waals surface area contributed by atoms with E-state index >= 15 is 0 Å². The number of benzene rings is 2. The third-order valence-electron chi connectivity index (χ3n) is 4.80. The molecule has 3 aromatic heterocycles. The van der Waals surface area contributed by atoms with Gasteiger partial charge in [-0.3, -0.25) is 9.36 Å². The number of anilines is 1. The van der Waals surface area contributed by atoms with Crippen molar-refractivity contribution < 1.29 is 13.2 Å². The predicted octanol–water partition coefficient (Wildman–Crippen LogP) is 3.69. The second-order valence-corrected chi connectivity index (χ2v) is 6.98. The maximum atomic E-state index is 14.1. The molecule has 0 aliphatic heterocycles. The van der Waals surface area contributed by atoms with E-state index in [0.717, 1.165) is 22.8 Å². The number of halogens is 3. The van der Waals surface area contributed by atoms with E-state index in [1.54, 1.807) is 0 Å². The van der Waals surface area contributed by atoms with Crippen LogP contribution in [-0.4, -0.2) is 29.5 Å². The predicted molar refractivity (Wildman–Crippen MR) is 117 cm³/mol. The van der Waals surface area contributed by atoms with Crippen molar-refractivity contribution in [1.29, 1.82) is 0 Å². The Hall–Kier alpha value is -4.28. The fourth-order valence-electron chi connectivity index (χ4n) is 3.34. The summed E-state index contributed by atoms with van der Waals surface area (Å²) in [5.74, 6) is -1.94. The number of rotatable bonds is 3. The summed E-state index contributed by atoms with van der Waals surface area (Å²) in [6.45, 7) is 1.85. The second kappa shape index (κ2) is 9.07. The van der Waals surface area contributed by atoms with Crippen LogP contribution in [0.15, 0.2) is 53.8 Å². The monoisotopic (exact) mass is 453 g/mol. The number of aryl methyl sites for hydroxylation is 1. The topological polar surface area (TPSA) is 115 Å². The normalized spacial score (nSPS) is 10.9. The second-order valence-electron chi connectivity index (χ2n) is 6.98. The van der Waals surface area contributed by atoms with Gasteiger partial charge in [0.15, 0.2) is 11.5 Å². The number of H-pyrrole nitrogens is 1. The standard InChI is InChI=1S/C17H13F3N2O.C5H5N5/c1-2-5-14-21-13-9-4-6-10(18)15(13)17(23)22(14)16-11(19)7-3-8-12(16)20;6-4-3-5(9-1-7-3)10-2-8-4/h3-4,6-9H,2,5H2,1H3;1-2H,(H3,6,7,8,9,10). The SMILES string of the molecule is CCCc1nc2cccc(F)c2c(=O)n1-c1c(F)cccc1F.Nc1ncnc2nc[nH]c12. The lowest BCUT2D eigenvalue weighted by molar-refractivity contribution is 0.559. The average Bonchev–Trinajstić information content (AvgIpc) is 3.26. The number of nitrogen functional groups attached to an aromatic ring is 1. The minimum atomic E-state index is -0.901. The molecule has 168 valence electrons. The smallest absolute Gasteiger partial charge is 0.269 e. The first kappa shape index (κ1) is 21.9. The van der Waals surface area contributed by atoms with Gasteiger partial charge in [0.05, 0.1) is 11.8 Å². The molecule has 3 N–H and O–H groups in total. The number of aromatic nitrogens is 6. The van der Waals surface area contributed by atoms with Gasteiger partial charge in [0, 0.05) is 6.42 Å². The third-order valence-corrected chi connectivity index (χ3v) is 4.80. The number of aromatic amines is 1. The number of nitrogens with two attached hydrogens (primary N) is 1. The van der Waals surface area contributed by atoms with E-state index in [2.05, 4.69) is 24.9 Å². The van der Waals surface area contributed by atoms with Gasteiger partial charge in [-0.2, -0.15) is 0 Å². The van der Waals surface area contributed by atoms with Crippen LogP contribution in [0.3, 0.4) is 0 Å².